The van der Waals surface area contributed by atoms with Crippen molar-refractivity contribution >= 4 is 27.8 Å². The summed E-state index contributed by atoms with van der Waals surface area (Å²) < 4.78 is 13.9. The van der Waals surface area contributed by atoms with E-state index in [-0.39, 0.29) is 28.4 Å². The lowest BCUT2D eigenvalue weighted by molar-refractivity contribution is 0.0729. The predicted octanol–water partition coefficient (Wildman–Crippen LogP) is 3.52. The molecule has 1 amide bonds. The molecule has 0 unspecified atom stereocenters. The number of para-hydroxylation sites is 3. The number of carbonyl (C=O) groups excluding carboxylic acids is 1. The normalized spacial score (nSPS) is 16.9. The molecule has 6 nitrogen and oxygen atoms in total. The highest BCUT2D eigenvalue weighted by atomic mass is 19.1. The van der Waals surface area contributed by atoms with E-state index in [2.05, 4.69) is 15.0 Å². The quantitative estimate of drug-likeness (QED) is 0.562. The standard InChI is InChI=1S/C21H17FN4O2/c22-14-6-3-5-12-18(14)23-11-13(19(12)27)21(28)26-10-4-9-17(26)20-24-15-7-1-2-8-16(15)25-20/h1-3,5-8,11,17H,4,9-10H2,(H,23,27)(H,24,25)/t17-/m1/s1. The number of imidazole rings is 1. The van der Waals surface area contributed by atoms with Gasteiger partial charge in [-0.05, 0) is 37.1 Å². The molecule has 1 atom stereocenters. The molecule has 7 heteroatoms. The van der Waals surface area contributed by atoms with Crippen LogP contribution in [0.15, 0.2) is 53.5 Å². The number of amides is 1. The van der Waals surface area contributed by atoms with Gasteiger partial charge in [0.2, 0.25) is 5.43 Å². The number of benzene rings is 2. The molecule has 5 rings (SSSR count). The lowest BCUT2D eigenvalue weighted by Gasteiger charge is -2.23. The molecule has 1 aliphatic heterocycles. The Morgan fingerprint density at radius 2 is 2.04 bits per heavy atom. The molecule has 28 heavy (non-hydrogen) atoms. The summed E-state index contributed by atoms with van der Waals surface area (Å²) in [6, 6.07) is 11.7. The van der Waals surface area contributed by atoms with E-state index in [4.69, 9.17) is 0 Å². The number of aromatic nitrogens is 3. The molecule has 0 aliphatic carbocycles. The number of halogens is 1. The molecule has 1 aliphatic rings. The van der Waals surface area contributed by atoms with Crippen LogP contribution >= 0.6 is 0 Å². The summed E-state index contributed by atoms with van der Waals surface area (Å²) in [6.45, 7) is 0.543. The number of pyridine rings is 1. The first kappa shape index (κ1) is 16.7. The highest BCUT2D eigenvalue weighted by Gasteiger charge is 2.34. The van der Waals surface area contributed by atoms with Gasteiger partial charge < -0.3 is 14.9 Å². The van der Waals surface area contributed by atoms with E-state index in [0.717, 1.165) is 29.7 Å². The molecule has 0 bridgehead atoms. The zero-order chi connectivity index (χ0) is 19.3. The minimum atomic E-state index is -0.519. The minimum Gasteiger partial charge on any atom is -0.358 e. The van der Waals surface area contributed by atoms with Crippen LogP contribution in [-0.2, 0) is 0 Å². The summed E-state index contributed by atoms with van der Waals surface area (Å²) in [6.07, 6.45) is 2.91. The first-order chi connectivity index (χ1) is 13.6. The van der Waals surface area contributed by atoms with Crippen LogP contribution in [0.1, 0.15) is 35.1 Å². The van der Waals surface area contributed by atoms with Gasteiger partial charge in [0.05, 0.1) is 22.6 Å². The molecule has 0 saturated carbocycles. The molecule has 2 aromatic carbocycles. The van der Waals surface area contributed by atoms with Crippen LogP contribution in [0.25, 0.3) is 21.9 Å². The number of fused-ring (bicyclic) bond motifs is 2. The Balaban J connectivity index is 1.55. The van der Waals surface area contributed by atoms with Gasteiger partial charge in [0, 0.05) is 18.1 Å². The summed E-state index contributed by atoms with van der Waals surface area (Å²) in [5.74, 6) is -0.166. The third-order valence-corrected chi connectivity index (χ3v) is 5.33. The Labute approximate surface area is 159 Å². The van der Waals surface area contributed by atoms with Gasteiger partial charge in [0.25, 0.3) is 5.91 Å². The smallest absolute Gasteiger partial charge is 0.259 e. The van der Waals surface area contributed by atoms with Gasteiger partial charge in [0.15, 0.2) is 0 Å². The molecule has 0 spiro atoms. The Bertz CT molecular complexity index is 1240. The van der Waals surface area contributed by atoms with Gasteiger partial charge in [-0.15, -0.1) is 0 Å². The Hall–Kier alpha value is -3.48. The van der Waals surface area contributed by atoms with E-state index in [1.807, 2.05) is 24.3 Å². The van der Waals surface area contributed by atoms with E-state index in [1.54, 1.807) is 4.90 Å². The Morgan fingerprint density at radius 3 is 2.89 bits per heavy atom. The maximum atomic E-state index is 13.9. The second kappa shape index (κ2) is 6.30. The summed E-state index contributed by atoms with van der Waals surface area (Å²) in [5.41, 5.74) is 1.42. The molecule has 1 saturated heterocycles. The largest absolute Gasteiger partial charge is 0.358 e. The molecule has 0 radical (unpaired) electrons. The van der Waals surface area contributed by atoms with Crippen LogP contribution in [0.4, 0.5) is 4.39 Å². The number of H-pyrrole nitrogens is 2. The first-order valence-corrected chi connectivity index (χ1v) is 9.19. The maximum absolute atomic E-state index is 13.9. The Morgan fingerprint density at radius 1 is 1.18 bits per heavy atom. The highest BCUT2D eigenvalue weighted by molar-refractivity contribution is 5.97. The summed E-state index contributed by atoms with van der Waals surface area (Å²) >= 11 is 0. The van der Waals surface area contributed by atoms with Crippen molar-refractivity contribution in [1.82, 2.24) is 19.9 Å². The van der Waals surface area contributed by atoms with Crippen LogP contribution in [-0.4, -0.2) is 32.3 Å². The number of nitrogens with zero attached hydrogens (tertiary/aromatic N) is 2. The van der Waals surface area contributed by atoms with Gasteiger partial charge in [-0.2, -0.15) is 0 Å². The minimum absolute atomic E-state index is 0.0149. The predicted molar refractivity (Wildman–Crippen MR) is 104 cm³/mol. The third kappa shape index (κ3) is 2.51. The average Bonchev–Trinajstić information content (AvgIpc) is 3.35. The molecule has 2 N–H and O–H groups in total. The van der Waals surface area contributed by atoms with Crippen LogP contribution in [0.5, 0.6) is 0 Å². The van der Waals surface area contributed by atoms with Crippen LogP contribution in [0.2, 0.25) is 0 Å². The molecule has 1 fully saturated rings. The second-order valence-electron chi connectivity index (χ2n) is 6.99. The Kier molecular flexibility index (Phi) is 3.75. The SMILES string of the molecule is O=C(c1c[nH]c2c(F)cccc2c1=O)N1CCC[C@@H]1c1nc2ccccc2[nH]1. The van der Waals surface area contributed by atoms with Crippen LogP contribution < -0.4 is 5.43 Å². The second-order valence-corrected chi connectivity index (χ2v) is 6.99. The molecular formula is C21H17FN4O2. The number of nitrogens with one attached hydrogen (secondary N) is 2. The van der Waals surface area contributed by atoms with Crippen molar-refractivity contribution in [3.8, 4) is 0 Å². The summed E-state index contributed by atoms with van der Waals surface area (Å²) in [7, 11) is 0. The van der Waals surface area contributed by atoms with Crippen molar-refractivity contribution in [2.45, 2.75) is 18.9 Å². The van der Waals surface area contributed by atoms with Gasteiger partial charge in [-0.3, -0.25) is 9.59 Å². The fourth-order valence-electron chi connectivity index (χ4n) is 3.95. The lowest BCUT2D eigenvalue weighted by atomic mass is 10.1. The number of likely N-dealkylation sites (tertiary alicyclic amines) is 1. The van der Waals surface area contributed by atoms with E-state index in [0.29, 0.717) is 6.54 Å². The van der Waals surface area contributed by atoms with E-state index in [1.165, 1.54) is 24.4 Å². The number of aromatic amines is 2. The van der Waals surface area contributed by atoms with Gasteiger partial charge in [-0.1, -0.05) is 18.2 Å². The third-order valence-electron chi connectivity index (χ3n) is 5.33. The lowest BCUT2D eigenvalue weighted by Crippen LogP contribution is -2.34. The number of hydrogen-bond acceptors (Lipinski definition) is 3. The van der Waals surface area contributed by atoms with Crippen LogP contribution in [0, 0.1) is 5.82 Å². The summed E-state index contributed by atoms with van der Waals surface area (Å²) in [5, 5.41) is 0.172. The number of hydrogen-bond donors (Lipinski definition) is 2. The number of carbonyl (C=O) groups is 1. The number of rotatable bonds is 2. The molecular weight excluding hydrogens is 359 g/mol. The zero-order valence-corrected chi connectivity index (χ0v) is 14.9. The van der Waals surface area contributed by atoms with Crippen molar-refractivity contribution in [3.63, 3.8) is 0 Å². The van der Waals surface area contributed by atoms with Gasteiger partial charge in [0.1, 0.15) is 17.2 Å². The molecule has 140 valence electrons. The van der Waals surface area contributed by atoms with Crippen molar-refractivity contribution < 1.29 is 9.18 Å². The zero-order valence-electron chi connectivity index (χ0n) is 14.9. The fourth-order valence-corrected chi connectivity index (χ4v) is 3.95. The molecule has 2 aromatic heterocycles. The first-order valence-electron chi connectivity index (χ1n) is 9.19. The van der Waals surface area contributed by atoms with Crippen molar-refractivity contribution in [1.29, 1.82) is 0 Å². The monoisotopic (exact) mass is 376 g/mol. The molecule has 3 heterocycles. The van der Waals surface area contributed by atoms with Crippen molar-refractivity contribution in [3.05, 3.63) is 76.1 Å². The molecule has 4 aromatic rings. The highest BCUT2D eigenvalue weighted by Crippen LogP contribution is 2.32. The topological polar surface area (TPSA) is 81.8 Å². The summed E-state index contributed by atoms with van der Waals surface area (Å²) in [4.78, 5) is 38.3. The van der Waals surface area contributed by atoms with Gasteiger partial charge >= 0.3 is 0 Å². The van der Waals surface area contributed by atoms with Gasteiger partial charge in [-0.25, -0.2) is 9.37 Å². The van der Waals surface area contributed by atoms with E-state index in [9.17, 15) is 14.0 Å². The van der Waals surface area contributed by atoms with E-state index >= 15 is 0 Å². The average molecular weight is 376 g/mol. The van der Waals surface area contributed by atoms with Crippen molar-refractivity contribution in [2.24, 2.45) is 0 Å². The van der Waals surface area contributed by atoms with Crippen LogP contribution in [0.3, 0.4) is 0 Å². The van der Waals surface area contributed by atoms with Crippen molar-refractivity contribution in [2.75, 3.05) is 6.54 Å². The maximum Gasteiger partial charge on any atom is 0.259 e. The van der Waals surface area contributed by atoms with E-state index < -0.39 is 11.2 Å². The fraction of sp³-hybridized carbons (Fsp3) is 0.190.